The van der Waals surface area contributed by atoms with E-state index in [4.69, 9.17) is 10.5 Å². The monoisotopic (exact) mass is 358 g/mol. The number of hydrogen-bond donors (Lipinski definition) is 2. The highest BCUT2D eigenvalue weighted by molar-refractivity contribution is 5.93. The van der Waals surface area contributed by atoms with Gasteiger partial charge in [0.25, 0.3) is 0 Å². The second-order valence-corrected chi connectivity index (χ2v) is 6.31. The number of aromatic amines is 1. The average molecular weight is 358 g/mol. The number of nitrogens with two attached hydrogens (primary N) is 1. The molecule has 3 N–H and O–H groups in total. The molecule has 0 bridgehead atoms. The van der Waals surface area contributed by atoms with Crippen molar-refractivity contribution in [2.45, 2.75) is 20.0 Å². The predicted molar refractivity (Wildman–Crippen MR) is 97.5 cm³/mol. The highest BCUT2D eigenvalue weighted by atomic mass is 16.6. The fourth-order valence-corrected chi connectivity index (χ4v) is 2.75. The number of hydrogen-bond acceptors (Lipinski definition) is 6. The smallest absolute Gasteiger partial charge is 0.410 e. The van der Waals surface area contributed by atoms with Crippen molar-refractivity contribution >= 4 is 35.1 Å². The van der Waals surface area contributed by atoms with Gasteiger partial charge in [-0.2, -0.15) is 0 Å². The Kier molecular flexibility index (Phi) is 5.06. The topological polar surface area (TPSA) is 117 Å². The number of primary amides is 1. The first-order valence-electron chi connectivity index (χ1n) is 8.46. The molecular formula is C17H22N6O3. The molecule has 0 saturated carbocycles. The molecule has 0 aliphatic carbocycles. The number of rotatable bonds is 4. The summed E-state index contributed by atoms with van der Waals surface area (Å²) >= 11 is 0. The van der Waals surface area contributed by atoms with Gasteiger partial charge >= 0.3 is 6.09 Å². The summed E-state index contributed by atoms with van der Waals surface area (Å²) in [5.74, 6) is 0.204. The normalized spacial score (nSPS) is 15.2. The number of H-pyrrole nitrogens is 1. The molecule has 26 heavy (non-hydrogen) atoms. The standard InChI is InChI=1S/C17H22N6O3/c1-11(2)26-17(25)23-7-5-22(6-8-23)14-10-20-16-15(21-14)12(9-19-16)3-4-13(18)24/h3-4,9-11H,5-8H2,1-2H3,(H2,18,24)(H,19,20). The van der Waals surface area contributed by atoms with Crippen molar-refractivity contribution in [3.63, 3.8) is 0 Å². The van der Waals surface area contributed by atoms with Crippen LogP contribution in [0.15, 0.2) is 18.5 Å². The fourth-order valence-electron chi connectivity index (χ4n) is 2.75. The van der Waals surface area contributed by atoms with E-state index < -0.39 is 5.91 Å². The Morgan fingerprint density at radius 2 is 2.04 bits per heavy atom. The van der Waals surface area contributed by atoms with Crippen LogP contribution in [-0.2, 0) is 9.53 Å². The molecule has 3 rings (SSSR count). The molecule has 2 aromatic heterocycles. The summed E-state index contributed by atoms with van der Waals surface area (Å²) in [5.41, 5.74) is 7.19. The first kappa shape index (κ1) is 17.7. The molecule has 3 heterocycles. The van der Waals surface area contributed by atoms with Gasteiger partial charge in [0.05, 0.1) is 12.3 Å². The predicted octanol–water partition coefficient (Wildman–Crippen LogP) is 1.12. The van der Waals surface area contributed by atoms with Gasteiger partial charge in [-0.3, -0.25) is 4.79 Å². The van der Waals surface area contributed by atoms with Gasteiger partial charge in [0.2, 0.25) is 5.91 Å². The van der Waals surface area contributed by atoms with E-state index in [9.17, 15) is 9.59 Å². The van der Waals surface area contributed by atoms with E-state index >= 15 is 0 Å². The zero-order valence-electron chi connectivity index (χ0n) is 14.8. The number of aromatic nitrogens is 3. The summed E-state index contributed by atoms with van der Waals surface area (Å²) in [6.45, 7) is 6.08. The minimum atomic E-state index is -0.520. The van der Waals surface area contributed by atoms with Gasteiger partial charge in [-0.15, -0.1) is 0 Å². The Hall–Kier alpha value is -3.10. The molecule has 1 aliphatic heterocycles. The van der Waals surface area contributed by atoms with Crippen molar-refractivity contribution in [3.8, 4) is 0 Å². The highest BCUT2D eigenvalue weighted by Gasteiger charge is 2.24. The van der Waals surface area contributed by atoms with E-state index in [0.29, 0.717) is 37.3 Å². The first-order valence-corrected chi connectivity index (χ1v) is 8.46. The molecule has 0 spiro atoms. The zero-order chi connectivity index (χ0) is 18.7. The third-order valence-corrected chi connectivity index (χ3v) is 4.02. The lowest BCUT2D eigenvalue weighted by atomic mass is 10.2. The van der Waals surface area contributed by atoms with Crippen LogP contribution in [0.3, 0.4) is 0 Å². The van der Waals surface area contributed by atoms with Crippen LogP contribution >= 0.6 is 0 Å². The molecule has 138 valence electrons. The lowest BCUT2D eigenvalue weighted by Gasteiger charge is -2.34. The molecule has 2 aromatic rings. The second-order valence-electron chi connectivity index (χ2n) is 6.31. The quantitative estimate of drug-likeness (QED) is 0.791. The summed E-state index contributed by atoms with van der Waals surface area (Å²) in [5, 5.41) is 0. The van der Waals surface area contributed by atoms with Crippen LogP contribution in [0.4, 0.5) is 10.6 Å². The van der Waals surface area contributed by atoms with Gasteiger partial charge in [0, 0.05) is 44.0 Å². The number of piperazine rings is 1. The fraction of sp³-hybridized carbons (Fsp3) is 0.412. The molecule has 0 atom stereocenters. The molecule has 0 radical (unpaired) electrons. The third-order valence-electron chi connectivity index (χ3n) is 4.02. The van der Waals surface area contributed by atoms with Crippen molar-refractivity contribution in [2.24, 2.45) is 5.73 Å². The average Bonchev–Trinajstić information content (AvgIpc) is 3.01. The number of nitrogens with one attached hydrogen (secondary N) is 1. The van der Waals surface area contributed by atoms with Crippen LogP contribution in [0.2, 0.25) is 0 Å². The van der Waals surface area contributed by atoms with E-state index in [1.807, 2.05) is 13.8 Å². The van der Waals surface area contributed by atoms with Crippen LogP contribution in [0, 0.1) is 0 Å². The van der Waals surface area contributed by atoms with E-state index in [-0.39, 0.29) is 12.2 Å². The Morgan fingerprint density at radius 3 is 2.69 bits per heavy atom. The number of anilines is 1. The van der Waals surface area contributed by atoms with Gasteiger partial charge < -0.3 is 25.3 Å². The molecule has 0 aromatic carbocycles. The number of ether oxygens (including phenoxy) is 1. The Bertz CT molecular complexity index is 836. The summed E-state index contributed by atoms with van der Waals surface area (Å²) in [7, 11) is 0. The maximum absolute atomic E-state index is 12.0. The van der Waals surface area contributed by atoms with Crippen molar-refractivity contribution in [1.29, 1.82) is 0 Å². The minimum absolute atomic E-state index is 0.130. The first-order chi connectivity index (χ1) is 12.4. The second kappa shape index (κ2) is 7.42. The highest BCUT2D eigenvalue weighted by Crippen LogP contribution is 2.20. The SMILES string of the molecule is CC(C)OC(=O)N1CCN(c2cnc3[nH]cc(C=CC(N)=O)c3n2)CC1. The van der Waals surface area contributed by atoms with Gasteiger partial charge in [-0.1, -0.05) is 0 Å². The Balaban J connectivity index is 1.72. The van der Waals surface area contributed by atoms with Gasteiger partial charge in [0.15, 0.2) is 5.65 Å². The van der Waals surface area contributed by atoms with E-state index in [0.717, 1.165) is 11.4 Å². The van der Waals surface area contributed by atoms with Crippen molar-refractivity contribution in [1.82, 2.24) is 19.9 Å². The molecule has 1 saturated heterocycles. The molecule has 1 fully saturated rings. The van der Waals surface area contributed by atoms with Crippen molar-refractivity contribution in [3.05, 3.63) is 24.0 Å². The summed E-state index contributed by atoms with van der Waals surface area (Å²) < 4.78 is 5.23. The van der Waals surface area contributed by atoms with Crippen LogP contribution in [0.1, 0.15) is 19.4 Å². The van der Waals surface area contributed by atoms with Gasteiger partial charge in [-0.25, -0.2) is 14.8 Å². The molecule has 9 heteroatoms. The molecule has 9 nitrogen and oxygen atoms in total. The summed E-state index contributed by atoms with van der Waals surface area (Å²) in [6.07, 6.45) is 5.91. The van der Waals surface area contributed by atoms with Crippen LogP contribution in [0.5, 0.6) is 0 Å². The van der Waals surface area contributed by atoms with Gasteiger partial charge in [-0.05, 0) is 19.9 Å². The number of nitrogens with zero attached hydrogens (tertiary/aromatic N) is 4. The van der Waals surface area contributed by atoms with Crippen molar-refractivity contribution in [2.75, 3.05) is 31.1 Å². The number of carbonyl (C=O) groups excluding carboxylic acids is 2. The van der Waals surface area contributed by atoms with Gasteiger partial charge in [0.1, 0.15) is 11.3 Å². The van der Waals surface area contributed by atoms with Crippen molar-refractivity contribution < 1.29 is 14.3 Å². The lowest BCUT2D eigenvalue weighted by Crippen LogP contribution is -2.49. The summed E-state index contributed by atoms with van der Waals surface area (Å²) in [4.78, 5) is 38.7. The number of carbonyl (C=O) groups is 2. The molecule has 0 unspecified atom stereocenters. The number of amides is 2. The van der Waals surface area contributed by atoms with E-state index in [1.165, 1.54) is 6.08 Å². The van der Waals surface area contributed by atoms with Crippen LogP contribution in [-0.4, -0.2) is 64.1 Å². The number of fused-ring (bicyclic) bond motifs is 1. The van der Waals surface area contributed by atoms with Crippen LogP contribution < -0.4 is 10.6 Å². The zero-order valence-corrected chi connectivity index (χ0v) is 14.8. The van der Waals surface area contributed by atoms with E-state index in [2.05, 4.69) is 19.9 Å². The van der Waals surface area contributed by atoms with E-state index in [1.54, 1.807) is 23.4 Å². The maximum Gasteiger partial charge on any atom is 0.410 e. The Labute approximate surface area is 150 Å². The maximum atomic E-state index is 12.0. The third kappa shape index (κ3) is 3.93. The summed E-state index contributed by atoms with van der Waals surface area (Å²) in [6, 6.07) is 0. The largest absolute Gasteiger partial charge is 0.447 e. The molecular weight excluding hydrogens is 336 g/mol. The lowest BCUT2D eigenvalue weighted by molar-refractivity contribution is -0.113. The molecule has 2 amide bonds. The minimum Gasteiger partial charge on any atom is -0.447 e. The van der Waals surface area contributed by atoms with Crippen LogP contribution in [0.25, 0.3) is 17.2 Å². The Morgan fingerprint density at radius 1 is 1.31 bits per heavy atom. The molecule has 1 aliphatic rings.